The largest absolute Gasteiger partial charge is 0.373 e. The van der Waals surface area contributed by atoms with Crippen LogP contribution in [0.2, 0.25) is 0 Å². The number of fused-ring (bicyclic) bond motifs is 2. The van der Waals surface area contributed by atoms with E-state index in [2.05, 4.69) is 22.0 Å². The zero-order chi connectivity index (χ0) is 12.8. The SMILES string of the molecule is N#CC1(Cc2ccc(Br)cc2F)CC2CCC1O2. The summed E-state index contributed by atoms with van der Waals surface area (Å²) in [5.74, 6) is -0.248. The molecule has 2 fully saturated rings. The van der Waals surface area contributed by atoms with Crippen molar-refractivity contribution in [3.05, 3.63) is 34.1 Å². The van der Waals surface area contributed by atoms with Gasteiger partial charge in [-0.3, -0.25) is 0 Å². The van der Waals surface area contributed by atoms with Crippen molar-refractivity contribution in [2.75, 3.05) is 0 Å². The highest BCUT2D eigenvalue weighted by atomic mass is 79.9. The molecule has 1 aromatic carbocycles. The maximum absolute atomic E-state index is 13.9. The molecule has 3 unspecified atom stereocenters. The number of hydrogen-bond donors (Lipinski definition) is 0. The van der Waals surface area contributed by atoms with E-state index in [1.807, 2.05) is 6.07 Å². The maximum atomic E-state index is 13.9. The van der Waals surface area contributed by atoms with E-state index < -0.39 is 5.41 Å². The van der Waals surface area contributed by atoms with Gasteiger partial charge in [0.1, 0.15) is 5.82 Å². The van der Waals surface area contributed by atoms with Gasteiger partial charge in [0.05, 0.1) is 23.7 Å². The molecule has 0 aliphatic carbocycles. The minimum absolute atomic E-state index is 0.0180. The van der Waals surface area contributed by atoms with Gasteiger partial charge in [-0.15, -0.1) is 0 Å². The summed E-state index contributed by atoms with van der Waals surface area (Å²) in [6.07, 6.45) is 3.34. The normalized spacial score (nSPS) is 33.6. The molecule has 1 aromatic rings. The highest BCUT2D eigenvalue weighted by Gasteiger charge is 2.53. The predicted molar refractivity (Wildman–Crippen MR) is 68.4 cm³/mol. The van der Waals surface area contributed by atoms with Crippen LogP contribution in [-0.4, -0.2) is 12.2 Å². The van der Waals surface area contributed by atoms with E-state index in [1.54, 1.807) is 6.07 Å². The quantitative estimate of drug-likeness (QED) is 0.836. The van der Waals surface area contributed by atoms with Gasteiger partial charge in [0.15, 0.2) is 0 Å². The van der Waals surface area contributed by atoms with Crippen LogP contribution in [0.25, 0.3) is 0 Å². The number of benzene rings is 1. The first-order valence-electron chi connectivity index (χ1n) is 6.14. The van der Waals surface area contributed by atoms with Gasteiger partial charge < -0.3 is 4.74 Å². The van der Waals surface area contributed by atoms with E-state index in [9.17, 15) is 9.65 Å². The molecule has 0 spiro atoms. The molecule has 2 aliphatic rings. The first-order valence-corrected chi connectivity index (χ1v) is 6.93. The fourth-order valence-electron chi connectivity index (χ4n) is 3.15. The monoisotopic (exact) mass is 309 g/mol. The highest BCUT2D eigenvalue weighted by molar-refractivity contribution is 9.10. The third-order valence-electron chi connectivity index (χ3n) is 4.06. The Morgan fingerprint density at radius 2 is 2.33 bits per heavy atom. The van der Waals surface area contributed by atoms with Gasteiger partial charge in [0.25, 0.3) is 0 Å². The third kappa shape index (κ3) is 1.86. The fraction of sp³-hybridized carbons (Fsp3) is 0.500. The molecule has 0 amide bonds. The number of nitriles is 1. The summed E-state index contributed by atoms with van der Waals surface area (Å²) in [6.45, 7) is 0. The van der Waals surface area contributed by atoms with Crippen molar-refractivity contribution in [2.24, 2.45) is 5.41 Å². The summed E-state index contributed by atoms with van der Waals surface area (Å²) in [6, 6.07) is 7.42. The zero-order valence-electron chi connectivity index (χ0n) is 9.83. The van der Waals surface area contributed by atoms with Crippen LogP contribution in [0.15, 0.2) is 22.7 Å². The van der Waals surface area contributed by atoms with Crippen molar-refractivity contribution in [2.45, 2.75) is 37.9 Å². The zero-order valence-corrected chi connectivity index (χ0v) is 11.4. The van der Waals surface area contributed by atoms with E-state index in [4.69, 9.17) is 4.74 Å². The Hall–Kier alpha value is -0.920. The third-order valence-corrected chi connectivity index (χ3v) is 4.55. The lowest BCUT2D eigenvalue weighted by molar-refractivity contribution is 0.0785. The Balaban J connectivity index is 1.89. The lowest BCUT2D eigenvalue weighted by Gasteiger charge is -2.28. The summed E-state index contributed by atoms with van der Waals surface area (Å²) in [5, 5.41) is 9.48. The molecule has 4 heteroatoms. The van der Waals surface area contributed by atoms with Crippen molar-refractivity contribution >= 4 is 15.9 Å². The summed E-state index contributed by atoms with van der Waals surface area (Å²) in [4.78, 5) is 0. The molecule has 0 N–H and O–H groups in total. The smallest absolute Gasteiger partial charge is 0.127 e. The van der Waals surface area contributed by atoms with Crippen molar-refractivity contribution in [1.29, 1.82) is 5.26 Å². The number of rotatable bonds is 2. The van der Waals surface area contributed by atoms with Crippen LogP contribution < -0.4 is 0 Å². The minimum Gasteiger partial charge on any atom is -0.373 e. The minimum atomic E-state index is -0.530. The lowest BCUT2D eigenvalue weighted by Crippen LogP contribution is -2.33. The average molecular weight is 310 g/mol. The fourth-order valence-corrected chi connectivity index (χ4v) is 3.48. The lowest BCUT2D eigenvalue weighted by atomic mass is 9.71. The maximum Gasteiger partial charge on any atom is 0.127 e. The molecule has 0 saturated carbocycles. The number of ether oxygens (including phenoxy) is 1. The van der Waals surface area contributed by atoms with Crippen LogP contribution in [0.1, 0.15) is 24.8 Å². The molecule has 0 radical (unpaired) electrons. The predicted octanol–water partition coefficient (Wildman–Crippen LogP) is 3.59. The van der Waals surface area contributed by atoms with Crippen molar-refractivity contribution in [1.82, 2.24) is 0 Å². The second-order valence-corrected chi connectivity index (χ2v) is 6.12. The molecule has 2 heterocycles. The average Bonchev–Trinajstić information content (AvgIpc) is 2.93. The molecule has 3 rings (SSSR count). The Morgan fingerprint density at radius 3 is 2.89 bits per heavy atom. The van der Waals surface area contributed by atoms with Gasteiger partial charge in [-0.25, -0.2) is 4.39 Å². The summed E-state index contributed by atoms with van der Waals surface area (Å²) >= 11 is 3.24. The van der Waals surface area contributed by atoms with Crippen LogP contribution in [0, 0.1) is 22.6 Å². The Labute approximate surface area is 114 Å². The van der Waals surface area contributed by atoms with E-state index >= 15 is 0 Å². The molecule has 2 bridgehead atoms. The van der Waals surface area contributed by atoms with Crippen LogP contribution >= 0.6 is 15.9 Å². The number of halogens is 2. The molecule has 2 aliphatic heterocycles. The summed E-state index contributed by atoms with van der Waals surface area (Å²) < 4.78 is 20.4. The molecular weight excluding hydrogens is 297 g/mol. The molecule has 2 saturated heterocycles. The van der Waals surface area contributed by atoms with E-state index in [1.165, 1.54) is 6.07 Å². The number of hydrogen-bond acceptors (Lipinski definition) is 2. The Bertz CT molecular complexity index is 527. The Kier molecular flexibility index (Phi) is 2.91. The Morgan fingerprint density at radius 1 is 1.50 bits per heavy atom. The summed E-state index contributed by atoms with van der Waals surface area (Å²) in [7, 11) is 0. The first kappa shape index (κ1) is 12.1. The van der Waals surface area contributed by atoms with E-state index in [-0.39, 0.29) is 18.0 Å². The van der Waals surface area contributed by atoms with Crippen LogP contribution in [0.4, 0.5) is 4.39 Å². The van der Waals surface area contributed by atoms with E-state index in [0.29, 0.717) is 12.0 Å². The van der Waals surface area contributed by atoms with Gasteiger partial charge in [0, 0.05) is 4.47 Å². The summed E-state index contributed by atoms with van der Waals surface area (Å²) in [5.41, 5.74) is 0.0771. The number of nitrogens with zero attached hydrogens (tertiary/aromatic N) is 1. The highest BCUT2D eigenvalue weighted by Crippen LogP contribution is 2.49. The molecule has 2 nitrogen and oxygen atoms in total. The molecule has 0 aromatic heterocycles. The van der Waals surface area contributed by atoms with Crippen molar-refractivity contribution < 1.29 is 9.13 Å². The van der Waals surface area contributed by atoms with Gasteiger partial charge in [-0.1, -0.05) is 22.0 Å². The van der Waals surface area contributed by atoms with Crippen LogP contribution in [-0.2, 0) is 11.2 Å². The molecule has 3 atom stereocenters. The second kappa shape index (κ2) is 4.32. The van der Waals surface area contributed by atoms with Gasteiger partial charge in [0.2, 0.25) is 0 Å². The second-order valence-electron chi connectivity index (χ2n) is 5.21. The van der Waals surface area contributed by atoms with E-state index in [0.717, 1.165) is 23.7 Å². The van der Waals surface area contributed by atoms with Gasteiger partial charge in [-0.05, 0) is 43.4 Å². The van der Waals surface area contributed by atoms with Gasteiger partial charge >= 0.3 is 0 Å². The van der Waals surface area contributed by atoms with Crippen LogP contribution in [0.5, 0.6) is 0 Å². The van der Waals surface area contributed by atoms with Crippen molar-refractivity contribution in [3.8, 4) is 6.07 Å². The standard InChI is InChI=1S/C14H13BrFNO/c15-10-2-1-9(12(16)5-10)6-14(8-17)7-11-3-4-13(14)18-11/h1-2,5,11,13H,3-4,6-7H2. The van der Waals surface area contributed by atoms with Crippen LogP contribution in [0.3, 0.4) is 0 Å². The topological polar surface area (TPSA) is 33.0 Å². The molecule has 18 heavy (non-hydrogen) atoms. The molecule has 94 valence electrons. The van der Waals surface area contributed by atoms with Gasteiger partial charge in [-0.2, -0.15) is 5.26 Å². The van der Waals surface area contributed by atoms with Crippen molar-refractivity contribution in [3.63, 3.8) is 0 Å². The first-order chi connectivity index (χ1) is 8.63. The molecular formula is C14H13BrFNO.